The number of nitrogens with zero attached hydrogens (tertiary/aromatic N) is 1. The van der Waals surface area contributed by atoms with E-state index in [-0.39, 0.29) is 18.6 Å². The van der Waals surface area contributed by atoms with Gasteiger partial charge in [0.15, 0.2) is 0 Å². The molecule has 0 atom stereocenters. The van der Waals surface area contributed by atoms with Crippen LogP contribution in [-0.4, -0.2) is 61.4 Å². The molecule has 1 fully saturated rings. The maximum absolute atomic E-state index is 11.8. The van der Waals surface area contributed by atoms with Crippen LogP contribution in [0.2, 0.25) is 0 Å². The SMILES string of the molecule is C=CCN(CCO)C(=O)CCOC1CCNCC1. The molecule has 0 unspecified atom stereocenters. The third kappa shape index (κ3) is 5.62. The summed E-state index contributed by atoms with van der Waals surface area (Å²) in [6, 6.07) is 0. The molecule has 0 aromatic heterocycles. The van der Waals surface area contributed by atoms with E-state index in [1.807, 2.05) is 0 Å². The van der Waals surface area contributed by atoms with E-state index in [0.717, 1.165) is 25.9 Å². The molecule has 5 heteroatoms. The van der Waals surface area contributed by atoms with Crippen LogP contribution in [0.15, 0.2) is 12.7 Å². The zero-order valence-corrected chi connectivity index (χ0v) is 10.9. The number of carbonyl (C=O) groups is 1. The Hall–Kier alpha value is -0.910. The minimum absolute atomic E-state index is 0.0119. The number of piperidine rings is 1. The molecule has 0 radical (unpaired) electrons. The van der Waals surface area contributed by atoms with Crippen LogP contribution >= 0.6 is 0 Å². The highest BCUT2D eigenvalue weighted by Crippen LogP contribution is 2.08. The minimum Gasteiger partial charge on any atom is -0.395 e. The van der Waals surface area contributed by atoms with Crippen molar-refractivity contribution in [3.8, 4) is 0 Å². The van der Waals surface area contributed by atoms with E-state index < -0.39 is 0 Å². The number of amides is 1. The Bertz CT molecular complexity index is 253. The van der Waals surface area contributed by atoms with E-state index in [2.05, 4.69) is 11.9 Å². The molecule has 1 aliphatic heterocycles. The lowest BCUT2D eigenvalue weighted by Gasteiger charge is -2.24. The van der Waals surface area contributed by atoms with Gasteiger partial charge in [0.05, 0.1) is 25.7 Å². The Morgan fingerprint density at radius 3 is 2.83 bits per heavy atom. The Kier molecular flexibility index (Phi) is 7.64. The highest BCUT2D eigenvalue weighted by Gasteiger charge is 2.15. The van der Waals surface area contributed by atoms with Crippen molar-refractivity contribution in [2.45, 2.75) is 25.4 Å². The molecular formula is C13H24N2O3. The van der Waals surface area contributed by atoms with Crippen LogP contribution in [0.25, 0.3) is 0 Å². The molecule has 0 saturated carbocycles. The summed E-state index contributed by atoms with van der Waals surface area (Å²) < 4.78 is 5.68. The second-order valence-electron chi connectivity index (χ2n) is 4.42. The molecule has 1 amide bonds. The molecule has 0 aromatic carbocycles. The first kappa shape index (κ1) is 15.1. The van der Waals surface area contributed by atoms with Crippen LogP contribution in [0, 0.1) is 0 Å². The largest absolute Gasteiger partial charge is 0.395 e. The average molecular weight is 256 g/mol. The van der Waals surface area contributed by atoms with Crippen molar-refractivity contribution < 1.29 is 14.6 Å². The van der Waals surface area contributed by atoms with Gasteiger partial charge in [-0.05, 0) is 25.9 Å². The molecule has 18 heavy (non-hydrogen) atoms. The smallest absolute Gasteiger partial charge is 0.225 e. The maximum Gasteiger partial charge on any atom is 0.225 e. The van der Waals surface area contributed by atoms with Gasteiger partial charge >= 0.3 is 0 Å². The molecule has 0 bridgehead atoms. The summed E-state index contributed by atoms with van der Waals surface area (Å²) in [5.41, 5.74) is 0. The summed E-state index contributed by atoms with van der Waals surface area (Å²) in [7, 11) is 0. The lowest BCUT2D eigenvalue weighted by Crippen LogP contribution is -2.36. The topological polar surface area (TPSA) is 61.8 Å². The van der Waals surface area contributed by atoms with Gasteiger partial charge in [-0.25, -0.2) is 0 Å². The van der Waals surface area contributed by atoms with Crippen molar-refractivity contribution in [1.29, 1.82) is 0 Å². The normalized spacial score (nSPS) is 16.5. The number of ether oxygens (including phenoxy) is 1. The number of hydrogen-bond acceptors (Lipinski definition) is 4. The van der Waals surface area contributed by atoms with E-state index in [0.29, 0.717) is 26.1 Å². The van der Waals surface area contributed by atoms with Crippen LogP contribution in [0.3, 0.4) is 0 Å². The van der Waals surface area contributed by atoms with Gasteiger partial charge in [0.1, 0.15) is 0 Å². The number of rotatable bonds is 8. The lowest BCUT2D eigenvalue weighted by molar-refractivity contribution is -0.132. The van der Waals surface area contributed by atoms with E-state index in [1.165, 1.54) is 0 Å². The lowest BCUT2D eigenvalue weighted by atomic mass is 10.1. The Balaban J connectivity index is 2.19. The molecule has 0 aromatic rings. The zero-order chi connectivity index (χ0) is 13.2. The van der Waals surface area contributed by atoms with E-state index in [1.54, 1.807) is 11.0 Å². The van der Waals surface area contributed by atoms with Gasteiger partial charge in [-0.2, -0.15) is 0 Å². The van der Waals surface area contributed by atoms with Crippen molar-refractivity contribution in [2.24, 2.45) is 0 Å². The van der Waals surface area contributed by atoms with Gasteiger partial charge < -0.3 is 20.1 Å². The van der Waals surface area contributed by atoms with Gasteiger partial charge in [-0.3, -0.25) is 4.79 Å². The average Bonchev–Trinajstić information content (AvgIpc) is 2.39. The monoisotopic (exact) mass is 256 g/mol. The fourth-order valence-corrected chi connectivity index (χ4v) is 2.03. The van der Waals surface area contributed by atoms with Crippen molar-refractivity contribution in [2.75, 3.05) is 39.4 Å². The molecule has 104 valence electrons. The van der Waals surface area contributed by atoms with Crippen molar-refractivity contribution in [3.05, 3.63) is 12.7 Å². The van der Waals surface area contributed by atoms with Crippen LogP contribution in [0.4, 0.5) is 0 Å². The molecular weight excluding hydrogens is 232 g/mol. The maximum atomic E-state index is 11.8. The third-order valence-corrected chi connectivity index (χ3v) is 3.03. The summed E-state index contributed by atoms with van der Waals surface area (Å²) in [6.45, 7) is 6.87. The standard InChI is InChI=1S/C13H24N2O3/c1-2-8-15(9-10-16)13(17)5-11-18-12-3-6-14-7-4-12/h2,12,14,16H,1,3-11H2. The minimum atomic E-state index is -0.0191. The first-order chi connectivity index (χ1) is 8.77. The van der Waals surface area contributed by atoms with E-state index >= 15 is 0 Å². The van der Waals surface area contributed by atoms with E-state index in [4.69, 9.17) is 9.84 Å². The number of hydrogen-bond donors (Lipinski definition) is 2. The van der Waals surface area contributed by atoms with Gasteiger partial charge in [0.25, 0.3) is 0 Å². The van der Waals surface area contributed by atoms with Crippen molar-refractivity contribution in [1.82, 2.24) is 10.2 Å². The third-order valence-electron chi connectivity index (χ3n) is 3.03. The molecule has 1 saturated heterocycles. The first-order valence-corrected chi connectivity index (χ1v) is 6.59. The number of aliphatic hydroxyl groups excluding tert-OH is 1. The summed E-state index contributed by atoms with van der Waals surface area (Å²) >= 11 is 0. The van der Waals surface area contributed by atoms with Crippen LogP contribution in [-0.2, 0) is 9.53 Å². The predicted molar refractivity (Wildman–Crippen MR) is 70.3 cm³/mol. The quantitative estimate of drug-likeness (QED) is 0.607. The summed E-state index contributed by atoms with van der Waals surface area (Å²) in [5.74, 6) is 0.0119. The predicted octanol–water partition coefficient (Wildman–Crippen LogP) is 0.152. The molecule has 1 heterocycles. The molecule has 0 spiro atoms. The van der Waals surface area contributed by atoms with Crippen LogP contribution in [0.5, 0.6) is 0 Å². The fourth-order valence-electron chi connectivity index (χ4n) is 2.03. The highest BCUT2D eigenvalue weighted by atomic mass is 16.5. The van der Waals surface area contributed by atoms with Gasteiger partial charge in [-0.15, -0.1) is 6.58 Å². The second kappa shape index (κ2) is 9.08. The highest BCUT2D eigenvalue weighted by molar-refractivity contribution is 5.76. The van der Waals surface area contributed by atoms with Gasteiger partial charge in [0, 0.05) is 13.1 Å². The Morgan fingerprint density at radius 2 is 2.22 bits per heavy atom. The Morgan fingerprint density at radius 1 is 1.50 bits per heavy atom. The molecule has 2 N–H and O–H groups in total. The van der Waals surface area contributed by atoms with Crippen molar-refractivity contribution in [3.63, 3.8) is 0 Å². The fraction of sp³-hybridized carbons (Fsp3) is 0.769. The number of nitrogens with one attached hydrogen (secondary N) is 1. The first-order valence-electron chi connectivity index (χ1n) is 6.59. The second-order valence-corrected chi connectivity index (χ2v) is 4.42. The molecule has 1 rings (SSSR count). The number of aliphatic hydroxyl groups is 1. The van der Waals surface area contributed by atoms with E-state index in [9.17, 15) is 4.79 Å². The van der Waals surface area contributed by atoms with Crippen LogP contribution < -0.4 is 5.32 Å². The summed E-state index contributed by atoms with van der Waals surface area (Å²) in [5, 5.41) is 12.1. The van der Waals surface area contributed by atoms with Gasteiger partial charge in [-0.1, -0.05) is 6.08 Å². The van der Waals surface area contributed by atoms with Crippen LogP contribution in [0.1, 0.15) is 19.3 Å². The molecule has 5 nitrogen and oxygen atoms in total. The Labute approximate surface area is 109 Å². The summed E-state index contributed by atoms with van der Waals surface area (Å²) in [6.07, 6.45) is 4.35. The van der Waals surface area contributed by atoms with Crippen molar-refractivity contribution >= 4 is 5.91 Å². The number of carbonyl (C=O) groups excluding carboxylic acids is 1. The zero-order valence-electron chi connectivity index (χ0n) is 10.9. The van der Waals surface area contributed by atoms with Gasteiger partial charge in [0.2, 0.25) is 5.91 Å². The summed E-state index contributed by atoms with van der Waals surface area (Å²) in [4.78, 5) is 13.4. The molecule has 1 aliphatic rings. The molecule has 0 aliphatic carbocycles.